The van der Waals surface area contributed by atoms with Gasteiger partial charge in [-0.2, -0.15) is 0 Å². The predicted octanol–water partition coefficient (Wildman–Crippen LogP) is 2.60. The first kappa shape index (κ1) is 15.8. The van der Waals surface area contributed by atoms with Crippen LogP contribution in [-0.2, 0) is 20.9 Å². The molecule has 1 heterocycles. The van der Waals surface area contributed by atoms with Gasteiger partial charge in [0.15, 0.2) is 0 Å². The van der Waals surface area contributed by atoms with Gasteiger partial charge in [-0.1, -0.05) is 48.5 Å². The van der Waals surface area contributed by atoms with Crippen LogP contribution in [0.15, 0.2) is 60.7 Å². The van der Waals surface area contributed by atoms with Gasteiger partial charge in [-0.3, -0.25) is 9.59 Å². The first-order valence-corrected chi connectivity index (χ1v) is 7.66. The van der Waals surface area contributed by atoms with Crippen molar-refractivity contribution in [1.82, 2.24) is 9.88 Å². The Hall–Kier alpha value is -3.08. The van der Waals surface area contributed by atoms with Gasteiger partial charge >= 0.3 is 5.97 Å². The van der Waals surface area contributed by atoms with E-state index in [1.165, 1.54) is 7.11 Å². The smallest absolute Gasteiger partial charge is 0.325 e. The lowest BCUT2D eigenvalue weighted by atomic mass is 10.1. The SMILES string of the molecule is COC(=O)CNC(=O)Cn1c(-c2ccccc2)cc2ccccc21. The fraction of sp³-hybridized carbons (Fsp3) is 0.158. The zero-order valence-corrected chi connectivity index (χ0v) is 13.4. The van der Waals surface area contributed by atoms with Crippen LogP contribution in [-0.4, -0.2) is 30.1 Å². The first-order chi connectivity index (χ1) is 11.7. The summed E-state index contributed by atoms with van der Waals surface area (Å²) in [7, 11) is 1.29. The number of amides is 1. The molecule has 0 saturated heterocycles. The number of carbonyl (C=O) groups excluding carboxylic acids is 2. The molecular formula is C19H18N2O3. The summed E-state index contributed by atoms with van der Waals surface area (Å²) in [6.45, 7) is 0.00391. The molecule has 0 aliphatic heterocycles. The fourth-order valence-corrected chi connectivity index (χ4v) is 2.67. The highest BCUT2D eigenvalue weighted by Gasteiger charge is 2.14. The fourth-order valence-electron chi connectivity index (χ4n) is 2.67. The monoisotopic (exact) mass is 322 g/mol. The van der Waals surface area contributed by atoms with Crippen molar-refractivity contribution in [1.29, 1.82) is 0 Å². The first-order valence-electron chi connectivity index (χ1n) is 7.66. The van der Waals surface area contributed by atoms with Crippen molar-refractivity contribution in [2.24, 2.45) is 0 Å². The minimum absolute atomic E-state index is 0.130. The van der Waals surface area contributed by atoms with Crippen LogP contribution >= 0.6 is 0 Å². The number of aromatic nitrogens is 1. The van der Waals surface area contributed by atoms with Crippen molar-refractivity contribution < 1.29 is 14.3 Å². The summed E-state index contributed by atoms with van der Waals surface area (Å²) in [6.07, 6.45) is 0. The molecule has 24 heavy (non-hydrogen) atoms. The van der Waals surface area contributed by atoms with E-state index in [2.05, 4.69) is 16.1 Å². The molecule has 1 amide bonds. The highest BCUT2D eigenvalue weighted by molar-refractivity contribution is 5.90. The van der Waals surface area contributed by atoms with Gasteiger partial charge in [-0.05, 0) is 17.7 Å². The van der Waals surface area contributed by atoms with Gasteiger partial charge in [0.1, 0.15) is 13.1 Å². The molecule has 0 unspecified atom stereocenters. The quantitative estimate of drug-likeness (QED) is 0.735. The molecule has 3 rings (SSSR count). The standard InChI is InChI=1S/C19H18N2O3/c1-24-19(23)12-20-18(22)13-21-16-10-6-5-9-15(16)11-17(21)14-7-3-2-4-8-14/h2-11H,12-13H2,1H3,(H,20,22). The average Bonchev–Trinajstić information content (AvgIpc) is 2.99. The second-order valence-electron chi connectivity index (χ2n) is 5.39. The molecular weight excluding hydrogens is 304 g/mol. The second kappa shape index (κ2) is 7.00. The maximum Gasteiger partial charge on any atom is 0.325 e. The van der Waals surface area contributed by atoms with Gasteiger partial charge in [0.25, 0.3) is 0 Å². The number of rotatable bonds is 5. The molecule has 1 N–H and O–H groups in total. The van der Waals surface area contributed by atoms with Gasteiger partial charge in [0.2, 0.25) is 5.91 Å². The molecule has 5 nitrogen and oxygen atoms in total. The van der Waals surface area contributed by atoms with E-state index in [1.54, 1.807) is 0 Å². The van der Waals surface area contributed by atoms with Crippen LogP contribution in [0.4, 0.5) is 0 Å². The van der Waals surface area contributed by atoms with Crippen molar-refractivity contribution >= 4 is 22.8 Å². The summed E-state index contributed by atoms with van der Waals surface area (Å²) in [5.41, 5.74) is 2.98. The van der Waals surface area contributed by atoms with Crippen LogP contribution in [0.3, 0.4) is 0 Å². The van der Waals surface area contributed by atoms with Gasteiger partial charge in [-0.25, -0.2) is 0 Å². The van der Waals surface area contributed by atoms with Gasteiger partial charge < -0.3 is 14.6 Å². The Morgan fingerprint density at radius 2 is 1.75 bits per heavy atom. The molecule has 0 aliphatic carbocycles. The number of fused-ring (bicyclic) bond motifs is 1. The Balaban J connectivity index is 1.93. The summed E-state index contributed by atoms with van der Waals surface area (Å²) >= 11 is 0. The number of para-hydroxylation sites is 1. The van der Waals surface area contributed by atoms with Crippen molar-refractivity contribution in [2.45, 2.75) is 6.54 Å². The van der Waals surface area contributed by atoms with Crippen molar-refractivity contribution in [3.05, 3.63) is 60.7 Å². The minimum atomic E-state index is -0.469. The molecule has 3 aromatic rings. The van der Waals surface area contributed by atoms with Gasteiger partial charge in [-0.15, -0.1) is 0 Å². The van der Waals surface area contributed by atoms with E-state index in [0.717, 1.165) is 22.2 Å². The van der Waals surface area contributed by atoms with Gasteiger partial charge in [0.05, 0.1) is 7.11 Å². The van der Waals surface area contributed by atoms with Crippen LogP contribution in [0.1, 0.15) is 0 Å². The molecule has 0 fully saturated rings. The van der Waals surface area contributed by atoms with E-state index in [-0.39, 0.29) is 19.0 Å². The van der Waals surface area contributed by atoms with E-state index in [9.17, 15) is 9.59 Å². The number of ether oxygens (including phenoxy) is 1. The third kappa shape index (κ3) is 3.30. The zero-order valence-electron chi connectivity index (χ0n) is 13.4. The van der Waals surface area contributed by atoms with E-state index in [1.807, 2.05) is 59.2 Å². The predicted molar refractivity (Wildman–Crippen MR) is 92.4 cm³/mol. The molecule has 0 bridgehead atoms. The Bertz CT molecular complexity index is 869. The number of nitrogens with zero attached hydrogens (tertiary/aromatic N) is 1. The highest BCUT2D eigenvalue weighted by atomic mass is 16.5. The molecule has 0 aliphatic rings. The molecule has 1 aromatic heterocycles. The van der Waals surface area contributed by atoms with Gasteiger partial charge in [0, 0.05) is 16.6 Å². The highest BCUT2D eigenvalue weighted by Crippen LogP contribution is 2.28. The topological polar surface area (TPSA) is 60.3 Å². The molecule has 2 aromatic carbocycles. The lowest BCUT2D eigenvalue weighted by molar-refractivity contribution is -0.141. The average molecular weight is 322 g/mol. The summed E-state index contributed by atoms with van der Waals surface area (Å²) in [4.78, 5) is 23.4. The number of nitrogens with one attached hydrogen (secondary N) is 1. The van der Waals surface area contributed by atoms with Crippen LogP contribution in [0.25, 0.3) is 22.2 Å². The maximum atomic E-state index is 12.2. The van der Waals surface area contributed by atoms with E-state index in [4.69, 9.17) is 0 Å². The number of hydrogen-bond donors (Lipinski definition) is 1. The second-order valence-corrected chi connectivity index (χ2v) is 5.39. The molecule has 0 radical (unpaired) electrons. The largest absolute Gasteiger partial charge is 0.468 e. The number of hydrogen-bond acceptors (Lipinski definition) is 3. The number of methoxy groups -OCH3 is 1. The maximum absolute atomic E-state index is 12.2. The lowest BCUT2D eigenvalue weighted by Gasteiger charge is -2.11. The van der Waals surface area contributed by atoms with Crippen molar-refractivity contribution in [2.75, 3.05) is 13.7 Å². The Morgan fingerprint density at radius 3 is 2.50 bits per heavy atom. The summed E-state index contributed by atoms with van der Waals surface area (Å²) in [5.74, 6) is -0.706. The van der Waals surface area contributed by atoms with Crippen molar-refractivity contribution in [3.63, 3.8) is 0 Å². The Morgan fingerprint density at radius 1 is 1.04 bits per heavy atom. The van der Waals surface area contributed by atoms with Crippen LogP contribution in [0, 0.1) is 0 Å². The minimum Gasteiger partial charge on any atom is -0.468 e. The molecule has 0 saturated carbocycles. The van der Waals surface area contributed by atoms with E-state index in [0.29, 0.717) is 0 Å². The Labute approximate surface area is 139 Å². The molecule has 5 heteroatoms. The summed E-state index contributed by atoms with van der Waals surface area (Å²) in [6, 6.07) is 19.9. The third-order valence-electron chi connectivity index (χ3n) is 3.84. The van der Waals surface area contributed by atoms with E-state index < -0.39 is 5.97 Å². The Kier molecular flexibility index (Phi) is 4.61. The van der Waals surface area contributed by atoms with Crippen LogP contribution in [0.2, 0.25) is 0 Å². The number of esters is 1. The lowest BCUT2D eigenvalue weighted by Crippen LogP contribution is -2.32. The molecule has 0 spiro atoms. The third-order valence-corrected chi connectivity index (χ3v) is 3.84. The number of benzene rings is 2. The summed E-state index contributed by atoms with van der Waals surface area (Å²) in [5, 5.41) is 3.65. The summed E-state index contributed by atoms with van der Waals surface area (Å²) < 4.78 is 6.49. The number of carbonyl (C=O) groups is 2. The normalized spacial score (nSPS) is 10.5. The van der Waals surface area contributed by atoms with Crippen LogP contribution in [0.5, 0.6) is 0 Å². The zero-order chi connectivity index (χ0) is 16.9. The molecule has 0 atom stereocenters. The van der Waals surface area contributed by atoms with E-state index >= 15 is 0 Å². The van der Waals surface area contributed by atoms with Crippen LogP contribution < -0.4 is 5.32 Å². The van der Waals surface area contributed by atoms with Crippen molar-refractivity contribution in [3.8, 4) is 11.3 Å². The molecule has 122 valence electrons.